The molecule has 1 aliphatic rings. The van der Waals surface area contributed by atoms with Crippen molar-refractivity contribution >= 4 is 22.4 Å². The van der Waals surface area contributed by atoms with Crippen LogP contribution in [-0.4, -0.2) is 45.5 Å². The number of aryl methyl sites for hydroxylation is 2. The summed E-state index contributed by atoms with van der Waals surface area (Å²) < 4.78 is 5.33. The quantitative estimate of drug-likeness (QED) is 0.910. The molecule has 0 fully saturated rings. The second kappa shape index (κ2) is 6.82. The normalized spacial score (nSPS) is 15.7. The molecule has 1 N–H and O–H groups in total. The van der Waals surface area contributed by atoms with Gasteiger partial charge in [0.1, 0.15) is 6.33 Å². The molecule has 0 bridgehead atoms. The van der Waals surface area contributed by atoms with Crippen molar-refractivity contribution in [2.24, 2.45) is 0 Å². The van der Waals surface area contributed by atoms with Gasteiger partial charge in [-0.05, 0) is 20.8 Å². The van der Waals surface area contributed by atoms with Gasteiger partial charge >= 0.3 is 0 Å². The molecule has 2 aromatic heterocycles. The molecule has 1 amide bonds. The summed E-state index contributed by atoms with van der Waals surface area (Å²) in [5, 5.41) is 3.57. The predicted molar refractivity (Wildman–Crippen MR) is 92.4 cm³/mol. The second-order valence-corrected chi connectivity index (χ2v) is 7.06. The SMILES string of the molecule is COc1ncnc2c1CN([C@@H](C)C(=O)Nc1nc(C)c(C)s1)CC2. The second-order valence-electron chi connectivity index (χ2n) is 5.85. The topological polar surface area (TPSA) is 80.2 Å². The molecular formula is C16H21N5O2S. The van der Waals surface area contributed by atoms with E-state index in [0.29, 0.717) is 17.6 Å². The highest BCUT2D eigenvalue weighted by molar-refractivity contribution is 7.15. The van der Waals surface area contributed by atoms with Crippen molar-refractivity contribution < 1.29 is 9.53 Å². The van der Waals surface area contributed by atoms with Crippen molar-refractivity contribution in [2.45, 2.75) is 39.8 Å². The summed E-state index contributed by atoms with van der Waals surface area (Å²) in [6.07, 6.45) is 2.30. The third kappa shape index (κ3) is 3.25. The Hall–Kier alpha value is -2.06. The highest BCUT2D eigenvalue weighted by Crippen LogP contribution is 2.26. The number of nitrogens with one attached hydrogen (secondary N) is 1. The van der Waals surface area contributed by atoms with E-state index in [4.69, 9.17) is 4.74 Å². The molecule has 0 saturated carbocycles. The molecule has 24 heavy (non-hydrogen) atoms. The maximum atomic E-state index is 12.6. The third-order valence-electron chi connectivity index (χ3n) is 4.37. The van der Waals surface area contributed by atoms with E-state index >= 15 is 0 Å². The fourth-order valence-electron chi connectivity index (χ4n) is 2.74. The molecule has 0 radical (unpaired) electrons. The first-order valence-electron chi connectivity index (χ1n) is 7.85. The Morgan fingerprint density at radius 1 is 1.42 bits per heavy atom. The minimum Gasteiger partial charge on any atom is -0.481 e. The molecule has 128 valence electrons. The Morgan fingerprint density at radius 3 is 2.88 bits per heavy atom. The summed E-state index contributed by atoms with van der Waals surface area (Å²) in [5.74, 6) is 0.534. The molecule has 1 atom stereocenters. The lowest BCUT2D eigenvalue weighted by Gasteiger charge is -2.32. The van der Waals surface area contributed by atoms with Crippen LogP contribution in [0, 0.1) is 13.8 Å². The van der Waals surface area contributed by atoms with Crippen molar-refractivity contribution in [1.29, 1.82) is 0 Å². The Balaban J connectivity index is 1.71. The zero-order valence-corrected chi connectivity index (χ0v) is 15.1. The minimum absolute atomic E-state index is 0.0528. The summed E-state index contributed by atoms with van der Waals surface area (Å²) in [4.78, 5) is 28.6. The number of ether oxygens (including phenoxy) is 1. The van der Waals surface area contributed by atoms with Crippen LogP contribution in [-0.2, 0) is 17.8 Å². The number of amides is 1. The molecule has 0 spiro atoms. The fourth-order valence-corrected chi connectivity index (χ4v) is 3.56. The molecule has 8 heteroatoms. The molecule has 0 aromatic carbocycles. The number of thiazole rings is 1. The summed E-state index contributed by atoms with van der Waals surface area (Å²) in [6.45, 7) is 7.23. The number of anilines is 1. The largest absolute Gasteiger partial charge is 0.481 e. The zero-order chi connectivity index (χ0) is 17.3. The first-order valence-corrected chi connectivity index (χ1v) is 8.67. The molecule has 3 heterocycles. The number of aromatic nitrogens is 3. The summed E-state index contributed by atoms with van der Waals surface area (Å²) >= 11 is 1.50. The average Bonchev–Trinajstić information content (AvgIpc) is 2.90. The Labute approximate surface area is 145 Å². The minimum atomic E-state index is -0.271. The van der Waals surface area contributed by atoms with Crippen molar-refractivity contribution in [1.82, 2.24) is 19.9 Å². The standard InChI is InChI=1S/C16H21N5O2S/c1-9-11(3)24-16(19-9)20-14(22)10(2)21-6-5-13-12(7-21)15(23-4)18-8-17-13/h8,10H,5-7H2,1-4H3,(H,19,20,22)/t10-/m0/s1. The maximum Gasteiger partial charge on any atom is 0.243 e. The number of hydrogen-bond acceptors (Lipinski definition) is 7. The Bertz CT molecular complexity index is 727. The van der Waals surface area contributed by atoms with Gasteiger partial charge in [0, 0.05) is 30.0 Å². The first-order chi connectivity index (χ1) is 11.5. The van der Waals surface area contributed by atoms with Gasteiger partial charge in [-0.1, -0.05) is 0 Å². The van der Waals surface area contributed by atoms with Gasteiger partial charge in [-0.15, -0.1) is 11.3 Å². The van der Waals surface area contributed by atoms with Gasteiger partial charge in [0.05, 0.1) is 24.5 Å². The summed E-state index contributed by atoms with van der Waals surface area (Å²) in [7, 11) is 1.60. The summed E-state index contributed by atoms with van der Waals surface area (Å²) in [5.41, 5.74) is 2.92. The van der Waals surface area contributed by atoms with Gasteiger partial charge < -0.3 is 10.1 Å². The Kier molecular flexibility index (Phi) is 4.77. The van der Waals surface area contributed by atoms with Crippen LogP contribution in [0.15, 0.2) is 6.33 Å². The van der Waals surface area contributed by atoms with Crippen molar-refractivity contribution in [3.8, 4) is 5.88 Å². The lowest BCUT2D eigenvalue weighted by molar-refractivity contribution is -0.121. The number of carbonyl (C=O) groups is 1. The van der Waals surface area contributed by atoms with Gasteiger partial charge in [0.25, 0.3) is 0 Å². The highest BCUT2D eigenvalue weighted by atomic mass is 32.1. The third-order valence-corrected chi connectivity index (χ3v) is 5.36. The molecule has 1 aliphatic heterocycles. The van der Waals surface area contributed by atoms with Crippen molar-refractivity contribution in [3.05, 3.63) is 28.2 Å². The average molecular weight is 347 g/mol. The number of methoxy groups -OCH3 is 1. The predicted octanol–water partition coefficient (Wildman–Crippen LogP) is 1.94. The van der Waals surface area contributed by atoms with E-state index in [9.17, 15) is 4.79 Å². The van der Waals surface area contributed by atoms with E-state index in [-0.39, 0.29) is 11.9 Å². The molecule has 0 aliphatic carbocycles. The summed E-state index contributed by atoms with van der Waals surface area (Å²) in [6, 6.07) is -0.271. The van der Waals surface area contributed by atoms with E-state index in [1.165, 1.54) is 17.7 Å². The first kappa shape index (κ1) is 16.8. The van der Waals surface area contributed by atoms with Crippen molar-refractivity contribution in [2.75, 3.05) is 19.0 Å². The van der Waals surface area contributed by atoms with Crippen LogP contribution < -0.4 is 10.1 Å². The van der Waals surface area contributed by atoms with Gasteiger partial charge in [-0.25, -0.2) is 15.0 Å². The van der Waals surface area contributed by atoms with Crippen LogP contribution in [0.1, 0.15) is 28.8 Å². The molecule has 7 nitrogen and oxygen atoms in total. The van der Waals surface area contributed by atoms with E-state index in [1.54, 1.807) is 7.11 Å². The fraction of sp³-hybridized carbons (Fsp3) is 0.500. The lowest BCUT2D eigenvalue weighted by Crippen LogP contribution is -2.44. The molecule has 0 saturated heterocycles. The van der Waals surface area contributed by atoms with Gasteiger partial charge in [-0.2, -0.15) is 0 Å². The number of nitrogens with zero attached hydrogens (tertiary/aromatic N) is 4. The number of rotatable bonds is 4. The Morgan fingerprint density at radius 2 is 2.21 bits per heavy atom. The monoisotopic (exact) mass is 347 g/mol. The van der Waals surface area contributed by atoms with E-state index in [0.717, 1.165) is 34.8 Å². The maximum absolute atomic E-state index is 12.6. The highest BCUT2D eigenvalue weighted by Gasteiger charge is 2.28. The van der Waals surface area contributed by atoms with Crippen LogP contribution in [0.3, 0.4) is 0 Å². The van der Waals surface area contributed by atoms with E-state index < -0.39 is 0 Å². The van der Waals surface area contributed by atoms with Crippen LogP contribution in [0.5, 0.6) is 5.88 Å². The van der Waals surface area contributed by atoms with Crippen LogP contribution in [0.4, 0.5) is 5.13 Å². The number of hydrogen-bond donors (Lipinski definition) is 1. The molecular weight excluding hydrogens is 326 g/mol. The molecule has 0 unspecified atom stereocenters. The zero-order valence-electron chi connectivity index (χ0n) is 14.3. The van der Waals surface area contributed by atoms with Gasteiger partial charge in [-0.3, -0.25) is 9.69 Å². The van der Waals surface area contributed by atoms with Crippen LogP contribution in [0.2, 0.25) is 0 Å². The smallest absolute Gasteiger partial charge is 0.243 e. The van der Waals surface area contributed by atoms with Gasteiger partial charge in [0.15, 0.2) is 5.13 Å². The van der Waals surface area contributed by atoms with Crippen LogP contribution >= 0.6 is 11.3 Å². The van der Waals surface area contributed by atoms with Crippen LogP contribution in [0.25, 0.3) is 0 Å². The molecule has 3 rings (SSSR count). The van der Waals surface area contributed by atoms with E-state index in [1.807, 2.05) is 20.8 Å². The van der Waals surface area contributed by atoms with E-state index in [2.05, 4.69) is 25.2 Å². The van der Waals surface area contributed by atoms with Gasteiger partial charge in [0.2, 0.25) is 11.8 Å². The lowest BCUT2D eigenvalue weighted by atomic mass is 10.0. The van der Waals surface area contributed by atoms with Crippen molar-refractivity contribution in [3.63, 3.8) is 0 Å². The number of fused-ring (bicyclic) bond motifs is 1. The number of carbonyl (C=O) groups excluding carboxylic acids is 1. The molecule has 2 aromatic rings.